The lowest BCUT2D eigenvalue weighted by Crippen LogP contribution is -2.13. The highest BCUT2D eigenvalue weighted by Gasteiger charge is 2.14. The summed E-state index contributed by atoms with van der Waals surface area (Å²) in [6.45, 7) is 1.84. The van der Waals surface area contributed by atoms with E-state index >= 15 is 0 Å². The van der Waals surface area contributed by atoms with E-state index in [0.717, 1.165) is 28.2 Å². The highest BCUT2D eigenvalue weighted by Crippen LogP contribution is 2.37. The molecule has 162 valence electrons. The van der Waals surface area contributed by atoms with Crippen LogP contribution in [-0.2, 0) is 19.7 Å². The van der Waals surface area contributed by atoms with Crippen molar-refractivity contribution in [3.63, 3.8) is 0 Å². The van der Waals surface area contributed by atoms with Crippen LogP contribution in [0.2, 0.25) is 15.1 Å². The van der Waals surface area contributed by atoms with Crippen molar-refractivity contribution >= 4 is 34.8 Å². The second-order valence-electron chi connectivity index (χ2n) is 6.94. The van der Waals surface area contributed by atoms with Gasteiger partial charge in [-0.25, -0.2) is 0 Å². The summed E-state index contributed by atoms with van der Waals surface area (Å²) in [6.07, 6.45) is 0. The minimum atomic E-state index is 0.268. The third-order valence-electron chi connectivity index (χ3n) is 4.75. The molecular weight excluding hydrogens is 461 g/mol. The molecule has 4 rings (SSSR count). The Labute approximate surface area is 195 Å². The van der Waals surface area contributed by atoms with E-state index in [1.165, 1.54) is 0 Å². The Balaban J connectivity index is 1.39. The average molecular weight is 481 g/mol. The first-order chi connectivity index (χ1) is 15.0. The maximum absolute atomic E-state index is 6.49. The van der Waals surface area contributed by atoms with Crippen LogP contribution in [0.4, 0.5) is 0 Å². The van der Waals surface area contributed by atoms with E-state index in [0.29, 0.717) is 39.7 Å². The van der Waals surface area contributed by atoms with Crippen LogP contribution in [0, 0.1) is 0 Å². The van der Waals surface area contributed by atoms with Crippen molar-refractivity contribution < 1.29 is 18.9 Å². The molecule has 3 aromatic rings. The number of nitrogens with one attached hydrogen (secondary N) is 1. The Morgan fingerprint density at radius 2 is 1.55 bits per heavy atom. The summed E-state index contributed by atoms with van der Waals surface area (Å²) < 4.78 is 22.2. The molecule has 1 aliphatic rings. The zero-order valence-electron chi connectivity index (χ0n) is 16.7. The van der Waals surface area contributed by atoms with Gasteiger partial charge in [-0.05, 0) is 53.1 Å². The van der Waals surface area contributed by atoms with Crippen LogP contribution in [0.15, 0.2) is 48.5 Å². The van der Waals surface area contributed by atoms with Gasteiger partial charge in [-0.1, -0.05) is 46.9 Å². The lowest BCUT2D eigenvalue weighted by atomic mass is 10.1. The molecule has 1 N–H and O–H groups in total. The van der Waals surface area contributed by atoms with E-state index < -0.39 is 0 Å². The van der Waals surface area contributed by atoms with E-state index in [1.54, 1.807) is 19.2 Å². The lowest BCUT2D eigenvalue weighted by molar-refractivity contribution is 0.174. The average Bonchev–Trinajstić information content (AvgIpc) is 3.23. The standard InChI is InChI=1S/C23H20Cl3NO4/c1-28-22-9-16(11-27-10-14-3-5-20-21(8-14)31-13-30-20)7-19(26)23(22)29-12-15-2-4-17(24)18(25)6-15/h2-9,27H,10-13H2,1H3. The summed E-state index contributed by atoms with van der Waals surface area (Å²) in [5.41, 5.74) is 2.95. The lowest BCUT2D eigenvalue weighted by Gasteiger charge is -2.15. The maximum Gasteiger partial charge on any atom is 0.231 e. The number of rotatable bonds is 8. The topological polar surface area (TPSA) is 49.0 Å². The first-order valence-corrected chi connectivity index (χ1v) is 10.7. The maximum atomic E-state index is 6.49. The van der Waals surface area contributed by atoms with Crippen LogP contribution in [0.1, 0.15) is 16.7 Å². The number of fused-ring (bicyclic) bond motifs is 1. The molecule has 0 bridgehead atoms. The largest absolute Gasteiger partial charge is 0.493 e. The number of methoxy groups -OCH3 is 1. The third kappa shape index (κ3) is 5.31. The van der Waals surface area contributed by atoms with Crippen molar-refractivity contribution in [1.29, 1.82) is 0 Å². The van der Waals surface area contributed by atoms with Crippen molar-refractivity contribution in [3.05, 3.63) is 80.3 Å². The molecule has 3 aromatic carbocycles. The molecule has 0 saturated heterocycles. The molecule has 0 radical (unpaired) electrons. The molecule has 0 fully saturated rings. The van der Waals surface area contributed by atoms with Crippen LogP contribution in [0.3, 0.4) is 0 Å². The normalized spacial score (nSPS) is 12.1. The molecule has 0 spiro atoms. The summed E-state index contributed by atoms with van der Waals surface area (Å²) in [7, 11) is 1.58. The Hall–Kier alpha value is -2.31. The Morgan fingerprint density at radius 1 is 0.806 bits per heavy atom. The Kier molecular flexibility index (Phi) is 6.98. The summed E-state index contributed by atoms with van der Waals surface area (Å²) in [5.74, 6) is 2.59. The zero-order valence-corrected chi connectivity index (χ0v) is 19.0. The fourth-order valence-corrected chi connectivity index (χ4v) is 3.81. The number of ether oxygens (including phenoxy) is 4. The quantitative estimate of drug-likeness (QED) is 0.413. The summed E-state index contributed by atoms with van der Waals surface area (Å²) in [4.78, 5) is 0. The van der Waals surface area contributed by atoms with Crippen LogP contribution in [-0.4, -0.2) is 13.9 Å². The minimum Gasteiger partial charge on any atom is -0.493 e. The molecular formula is C23H20Cl3NO4. The van der Waals surface area contributed by atoms with Gasteiger partial charge in [-0.15, -0.1) is 0 Å². The molecule has 0 aliphatic carbocycles. The van der Waals surface area contributed by atoms with Crippen molar-refractivity contribution in [3.8, 4) is 23.0 Å². The fourth-order valence-electron chi connectivity index (χ4n) is 3.20. The highest BCUT2D eigenvalue weighted by molar-refractivity contribution is 6.42. The molecule has 31 heavy (non-hydrogen) atoms. The van der Waals surface area contributed by atoms with Gasteiger partial charge in [0.15, 0.2) is 23.0 Å². The predicted octanol–water partition coefficient (Wildman–Crippen LogP) is 6.25. The Morgan fingerprint density at radius 3 is 2.35 bits per heavy atom. The van der Waals surface area contributed by atoms with Gasteiger partial charge >= 0.3 is 0 Å². The smallest absolute Gasteiger partial charge is 0.231 e. The van der Waals surface area contributed by atoms with E-state index in [9.17, 15) is 0 Å². The molecule has 1 aliphatic heterocycles. The zero-order chi connectivity index (χ0) is 21.8. The van der Waals surface area contributed by atoms with E-state index in [4.69, 9.17) is 53.8 Å². The predicted molar refractivity (Wildman–Crippen MR) is 122 cm³/mol. The third-order valence-corrected chi connectivity index (χ3v) is 5.77. The van der Waals surface area contributed by atoms with Crippen LogP contribution in [0.25, 0.3) is 0 Å². The first-order valence-electron chi connectivity index (χ1n) is 9.56. The highest BCUT2D eigenvalue weighted by atomic mass is 35.5. The van der Waals surface area contributed by atoms with Gasteiger partial charge in [0.05, 0.1) is 22.2 Å². The molecule has 0 saturated carbocycles. The molecule has 0 unspecified atom stereocenters. The van der Waals surface area contributed by atoms with Gasteiger partial charge in [0.1, 0.15) is 6.61 Å². The number of halogens is 3. The number of hydrogen-bond donors (Lipinski definition) is 1. The summed E-state index contributed by atoms with van der Waals surface area (Å²) in [5, 5.41) is 4.84. The molecule has 5 nitrogen and oxygen atoms in total. The minimum absolute atomic E-state index is 0.268. The summed E-state index contributed by atoms with van der Waals surface area (Å²) >= 11 is 18.5. The van der Waals surface area contributed by atoms with E-state index in [1.807, 2.05) is 36.4 Å². The summed E-state index contributed by atoms with van der Waals surface area (Å²) in [6, 6.07) is 15.0. The first kappa shape index (κ1) is 21.9. The van der Waals surface area contributed by atoms with Crippen LogP contribution < -0.4 is 24.3 Å². The molecule has 8 heteroatoms. The van der Waals surface area contributed by atoms with Crippen LogP contribution in [0.5, 0.6) is 23.0 Å². The SMILES string of the molecule is COc1cc(CNCc2ccc3c(c2)OCO3)cc(Cl)c1OCc1ccc(Cl)c(Cl)c1. The van der Waals surface area contributed by atoms with Gasteiger partial charge in [0, 0.05) is 13.1 Å². The van der Waals surface area contributed by atoms with Gasteiger partial charge in [0.2, 0.25) is 6.79 Å². The second kappa shape index (κ2) is 9.88. The van der Waals surface area contributed by atoms with Gasteiger partial charge < -0.3 is 24.3 Å². The van der Waals surface area contributed by atoms with E-state index in [2.05, 4.69) is 5.32 Å². The van der Waals surface area contributed by atoms with Crippen molar-refractivity contribution in [2.24, 2.45) is 0 Å². The molecule has 0 atom stereocenters. The fraction of sp³-hybridized carbons (Fsp3) is 0.217. The monoisotopic (exact) mass is 479 g/mol. The van der Waals surface area contributed by atoms with Gasteiger partial charge in [-0.2, -0.15) is 0 Å². The Bertz CT molecular complexity index is 1090. The van der Waals surface area contributed by atoms with Gasteiger partial charge in [-0.3, -0.25) is 0 Å². The van der Waals surface area contributed by atoms with Gasteiger partial charge in [0.25, 0.3) is 0 Å². The van der Waals surface area contributed by atoms with Crippen LogP contribution >= 0.6 is 34.8 Å². The van der Waals surface area contributed by atoms with Crippen molar-refractivity contribution in [1.82, 2.24) is 5.32 Å². The molecule has 0 aromatic heterocycles. The molecule has 1 heterocycles. The number of hydrogen-bond acceptors (Lipinski definition) is 5. The second-order valence-corrected chi connectivity index (χ2v) is 8.16. The number of benzene rings is 3. The van der Waals surface area contributed by atoms with E-state index in [-0.39, 0.29) is 13.4 Å². The van der Waals surface area contributed by atoms with Crippen molar-refractivity contribution in [2.45, 2.75) is 19.7 Å². The van der Waals surface area contributed by atoms with Crippen molar-refractivity contribution in [2.75, 3.05) is 13.9 Å². The molecule has 0 amide bonds.